The molecule has 0 aromatic carbocycles. The molecular weight excluding hydrogens is 114 g/mol. The molecule has 0 aliphatic carbocycles. The Kier molecular flexibility index (Phi) is 1.80. The van der Waals surface area contributed by atoms with E-state index in [1.807, 2.05) is 18.2 Å². The molecule has 1 heterocycles. The molecule has 0 bridgehead atoms. The Morgan fingerprint density at radius 2 is 2.33 bits per heavy atom. The first-order valence-corrected chi connectivity index (χ1v) is 2.76. The molecule has 47 valence electrons. The Balaban J connectivity index is 3.01. The van der Waals surface area contributed by atoms with Crippen molar-refractivity contribution < 1.29 is 9.67 Å². The summed E-state index contributed by atoms with van der Waals surface area (Å²) in [5, 5.41) is 8.66. The van der Waals surface area contributed by atoms with Crippen molar-refractivity contribution in [2.75, 3.05) is 0 Å². The zero-order chi connectivity index (χ0) is 6.69. The number of hydrogen-bond acceptors (Lipinski definition) is 1. The second-order valence-electron chi connectivity index (χ2n) is 1.82. The molecule has 0 aliphatic rings. The van der Waals surface area contributed by atoms with Crippen LogP contribution >= 0.6 is 0 Å². The number of aromatic nitrogens is 1. The van der Waals surface area contributed by atoms with Crippen molar-refractivity contribution in [1.29, 1.82) is 0 Å². The fourth-order valence-electron chi connectivity index (χ4n) is 0.655. The summed E-state index contributed by atoms with van der Waals surface area (Å²) in [6, 6.07) is 5.56. The van der Waals surface area contributed by atoms with E-state index in [9.17, 15) is 0 Å². The van der Waals surface area contributed by atoms with Crippen LogP contribution < -0.4 is 4.57 Å². The van der Waals surface area contributed by atoms with Gasteiger partial charge in [0.05, 0.1) is 0 Å². The van der Waals surface area contributed by atoms with Crippen LogP contribution in [0.15, 0.2) is 24.4 Å². The predicted octanol–water partition coefficient (Wildman–Crippen LogP) is 0.106. The van der Waals surface area contributed by atoms with Crippen LogP contribution in [0.1, 0.15) is 5.69 Å². The number of aliphatic hydroxyl groups excluding tert-OH is 1. The van der Waals surface area contributed by atoms with Crippen LogP contribution in [0, 0.1) is 7.05 Å². The summed E-state index contributed by atoms with van der Waals surface area (Å²) in [7, 11) is 3.65. The molecule has 0 unspecified atom stereocenters. The van der Waals surface area contributed by atoms with Gasteiger partial charge in [-0.25, -0.2) is 0 Å². The lowest BCUT2D eigenvalue weighted by atomic mass is 10.3. The molecular formula is C7H9NO+. The molecule has 0 saturated heterocycles. The minimum absolute atomic E-state index is 0.0460. The molecule has 2 nitrogen and oxygen atoms in total. The predicted molar refractivity (Wildman–Crippen MR) is 33.3 cm³/mol. The lowest BCUT2D eigenvalue weighted by Gasteiger charge is -1.90. The molecule has 0 amide bonds. The molecule has 0 fully saturated rings. The first-order valence-electron chi connectivity index (χ1n) is 2.76. The Hall–Kier alpha value is -0.890. The van der Waals surface area contributed by atoms with Gasteiger partial charge in [-0.2, -0.15) is 4.57 Å². The highest BCUT2D eigenvalue weighted by Crippen LogP contribution is 1.87. The van der Waals surface area contributed by atoms with Crippen molar-refractivity contribution in [2.24, 2.45) is 0 Å². The summed E-state index contributed by atoms with van der Waals surface area (Å²) in [6.07, 6.45) is 1.80. The second-order valence-corrected chi connectivity index (χ2v) is 1.82. The molecule has 0 atom stereocenters. The summed E-state index contributed by atoms with van der Waals surface area (Å²) >= 11 is 0. The Bertz CT molecular complexity index is 198. The van der Waals surface area contributed by atoms with Gasteiger partial charge < -0.3 is 5.11 Å². The van der Waals surface area contributed by atoms with Crippen LogP contribution in [0.5, 0.6) is 0 Å². The van der Waals surface area contributed by atoms with Crippen molar-refractivity contribution in [3.63, 3.8) is 0 Å². The van der Waals surface area contributed by atoms with Gasteiger partial charge in [0.1, 0.15) is 6.61 Å². The first-order chi connectivity index (χ1) is 4.34. The molecule has 1 rings (SSSR count). The molecule has 0 aliphatic heterocycles. The van der Waals surface area contributed by atoms with E-state index in [2.05, 4.69) is 7.05 Å². The van der Waals surface area contributed by atoms with Gasteiger partial charge in [-0.15, -0.1) is 0 Å². The smallest absolute Gasteiger partial charge is 0.207 e. The van der Waals surface area contributed by atoms with Gasteiger partial charge in [0, 0.05) is 12.1 Å². The Labute approximate surface area is 54.4 Å². The van der Waals surface area contributed by atoms with E-state index in [4.69, 9.17) is 5.11 Å². The molecule has 0 saturated carbocycles. The Morgan fingerprint density at radius 1 is 1.56 bits per heavy atom. The van der Waals surface area contributed by atoms with Gasteiger partial charge in [-0.3, -0.25) is 0 Å². The monoisotopic (exact) mass is 123 g/mol. The number of hydrogen-bond donors (Lipinski definition) is 1. The highest BCUT2D eigenvalue weighted by Gasteiger charge is 1.99. The van der Waals surface area contributed by atoms with Gasteiger partial charge in [0.2, 0.25) is 12.7 Å². The topological polar surface area (TPSA) is 24.1 Å². The third-order valence-corrected chi connectivity index (χ3v) is 1.20. The van der Waals surface area contributed by atoms with E-state index in [0.29, 0.717) is 0 Å². The SMILES string of the molecule is [CH2][n+]1ccccc1CO. The van der Waals surface area contributed by atoms with Gasteiger partial charge in [0.15, 0.2) is 6.20 Å². The zero-order valence-electron chi connectivity index (χ0n) is 5.12. The number of rotatable bonds is 1. The molecule has 1 aromatic heterocycles. The summed E-state index contributed by atoms with van der Waals surface area (Å²) in [6.45, 7) is 0.0460. The van der Waals surface area contributed by atoms with Crippen LogP contribution in [-0.4, -0.2) is 5.11 Å². The average molecular weight is 123 g/mol. The van der Waals surface area contributed by atoms with Gasteiger partial charge in [-0.1, -0.05) is 6.07 Å². The minimum Gasteiger partial charge on any atom is -0.385 e. The first kappa shape index (κ1) is 6.23. The summed E-state index contributed by atoms with van der Waals surface area (Å²) < 4.78 is 1.64. The van der Waals surface area contributed by atoms with E-state index in [1.165, 1.54) is 0 Å². The van der Waals surface area contributed by atoms with E-state index < -0.39 is 0 Å². The van der Waals surface area contributed by atoms with Gasteiger partial charge in [0.25, 0.3) is 0 Å². The Morgan fingerprint density at radius 3 is 2.78 bits per heavy atom. The molecule has 2 heteroatoms. The molecule has 0 spiro atoms. The van der Waals surface area contributed by atoms with Gasteiger partial charge in [-0.05, 0) is 0 Å². The van der Waals surface area contributed by atoms with E-state index in [1.54, 1.807) is 10.8 Å². The van der Waals surface area contributed by atoms with Gasteiger partial charge >= 0.3 is 0 Å². The quantitative estimate of drug-likeness (QED) is 0.526. The zero-order valence-corrected chi connectivity index (χ0v) is 5.12. The maximum atomic E-state index is 8.66. The standard InChI is InChI=1S/C7H9NO/c1-8-5-3-2-4-7(8)6-9/h2-5,9H,1,6H2/q+1. The van der Waals surface area contributed by atoms with Crippen LogP contribution in [0.3, 0.4) is 0 Å². The van der Waals surface area contributed by atoms with E-state index >= 15 is 0 Å². The summed E-state index contributed by atoms with van der Waals surface area (Å²) in [5.74, 6) is 0. The van der Waals surface area contributed by atoms with Crippen LogP contribution in [0.4, 0.5) is 0 Å². The maximum absolute atomic E-state index is 8.66. The number of aliphatic hydroxyl groups is 1. The third kappa shape index (κ3) is 1.27. The minimum atomic E-state index is 0.0460. The van der Waals surface area contributed by atoms with Crippen LogP contribution in [-0.2, 0) is 6.61 Å². The van der Waals surface area contributed by atoms with Crippen molar-refractivity contribution in [3.05, 3.63) is 37.1 Å². The van der Waals surface area contributed by atoms with E-state index in [0.717, 1.165) is 5.69 Å². The second kappa shape index (κ2) is 2.60. The lowest BCUT2D eigenvalue weighted by Crippen LogP contribution is -2.30. The van der Waals surface area contributed by atoms with Crippen molar-refractivity contribution in [3.8, 4) is 0 Å². The molecule has 1 radical (unpaired) electrons. The van der Waals surface area contributed by atoms with Crippen molar-refractivity contribution >= 4 is 0 Å². The summed E-state index contributed by atoms with van der Waals surface area (Å²) in [5.41, 5.74) is 0.817. The van der Waals surface area contributed by atoms with Crippen molar-refractivity contribution in [1.82, 2.24) is 0 Å². The van der Waals surface area contributed by atoms with Crippen LogP contribution in [0.2, 0.25) is 0 Å². The van der Waals surface area contributed by atoms with Crippen LogP contribution in [0.25, 0.3) is 0 Å². The fraction of sp³-hybridized carbons (Fsp3) is 0.143. The third-order valence-electron chi connectivity index (χ3n) is 1.20. The van der Waals surface area contributed by atoms with Crippen molar-refractivity contribution in [2.45, 2.75) is 6.61 Å². The molecule has 1 aromatic rings. The highest BCUT2D eigenvalue weighted by atomic mass is 16.3. The lowest BCUT2D eigenvalue weighted by molar-refractivity contribution is -0.623. The average Bonchev–Trinajstić information content (AvgIpc) is 1.89. The fourth-order valence-corrected chi connectivity index (χ4v) is 0.655. The largest absolute Gasteiger partial charge is 0.385 e. The van der Waals surface area contributed by atoms with E-state index in [-0.39, 0.29) is 6.61 Å². The molecule has 9 heavy (non-hydrogen) atoms. The highest BCUT2D eigenvalue weighted by molar-refractivity contribution is 4.95. The maximum Gasteiger partial charge on any atom is 0.207 e. The normalized spacial score (nSPS) is 9.56. The molecule has 1 N–H and O–H groups in total. The number of pyridine rings is 1. The summed E-state index contributed by atoms with van der Waals surface area (Å²) in [4.78, 5) is 0. The number of nitrogens with zero attached hydrogens (tertiary/aromatic N) is 1.